The third-order valence-electron chi connectivity index (χ3n) is 4.91. The smallest absolute Gasteiger partial charge is 0.236 e. The minimum Gasteiger partial charge on any atom is -0.387 e. The molecule has 1 aliphatic heterocycles. The second-order valence-electron chi connectivity index (χ2n) is 6.39. The molecule has 1 atom stereocenters. The van der Waals surface area contributed by atoms with Crippen LogP contribution in [0.3, 0.4) is 0 Å². The molecule has 1 unspecified atom stereocenters. The Labute approximate surface area is 128 Å². The molecule has 1 N–H and O–H groups in total. The van der Waals surface area contributed by atoms with Crippen molar-refractivity contribution < 1.29 is 19.1 Å². The summed E-state index contributed by atoms with van der Waals surface area (Å²) in [4.78, 5) is 26.1. The highest BCUT2D eigenvalue weighted by molar-refractivity contribution is 6.06. The minimum atomic E-state index is -0.979. The quantitative estimate of drug-likeness (QED) is 0.873. The molecule has 4 nitrogen and oxygen atoms in total. The van der Waals surface area contributed by atoms with Crippen molar-refractivity contribution in [1.29, 1.82) is 0 Å². The molecule has 2 amide bonds. The molecule has 1 aromatic rings. The fourth-order valence-corrected chi connectivity index (χ4v) is 3.63. The second-order valence-corrected chi connectivity index (χ2v) is 6.39. The molecule has 1 spiro atoms. The van der Waals surface area contributed by atoms with Crippen molar-refractivity contribution in [2.45, 2.75) is 44.6 Å². The lowest BCUT2D eigenvalue weighted by Crippen LogP contribution is -2.39. The second kappa shape index (κ2) is 5.80. The van der Waals surface area contributed by atoms with Crippen LogP contribution in [-0.2, 0) is 9.59 Å². The van der Waals surface area contributed by atoms with E-state index in [4.69, 9.17) is 0 Å². The van der Waals surface area contributed by atoms with Crippen molar-refractivity contribution in [3.8, 4) is 0 Å². The summed E-state index contributed by atoms with van der Waals surface area (Å²) in [5.41, 5.74) is -0.0238. The molecule has 2 fully saturated rings. The van der Waals surface area contributed by atoms with E-state index in [1.165, 1.54) is 29.2 Å². The number of hydrogen-bond donors (Lipinski definition) is 1. The molecule has 1 saturated carbocycles. The summed E-state index contributed by atoms with van der Waals surface area (Å²) in [5, 5.41) is 10.2. The summed E-state index contributed by atoms with van der Waals surface area (Å²) in [6.07, 6.45) is 3.89. The predicted octanol–water partition coefficient (Wildman–Crippen LogP) is 2.57. The van der Waals surface area contributed by atoms with E-state index in [-0.39, 0.29) is 30.6 Å². The Kier molecular flexibility index (Phi) is 4.00. The fraction of sp³-hybridized carbons (Fsp3) is 0.529. The van der Waals surface area contributed by atoms with Crippen molar-refractivity contribution in [2.24, 2.45) is 5.41 Å². The van der Waals surface area contributed by atoms with Crippen molar-refractivity contribution in [2.75, 3.05) is 6.54 Å². The van der Waals surface area contributed by atoms with Crippen molar-refractivity contribution >= 4 is 11.8 Å². The van der Waals surface area contributed by atoms with Crippen LogP contribution in [0.4, 0.5) is 4.39 Å². The number of carbonyl (C=O) groups is 2. The van der Waals surface area contributed by atoms with Crippen LogP contribution in [0.5, 0.6) is 0 Å². The van der Waals surface area contributed by atoms with Crippen molar-refractivity contribution in [3.63, 3.8) is 0 Å². The maximum absolute atomic E-state index is 12.9. The molecular weight excluding hydrogens is 285 g/mol. The van der Waals surface area contributed by atoms with Gasteiger partial charge in [-0.1, -0.05) is 31.4 Å². The summed E-state index contributed by atoms with van der Waals surface area (Å²) >= 11 is 0. The Balaban J connectivity index is 1.73. The summed E-state index contributed by atoms with van der Waals surface area (Å²) in [6, 6.07) is 5.46. The number of halogens is 1. The van der Waals surface area contributed by atoms with Crippen LogP contribution in [0.25, 0.3) is 0 Å². The summed E-state index contributed by atoms with van der Waals surface area (Å²) < 4.78 is 12.9. The van der Waals surface area contributed by atoms with Gasteiger partial charge in [0.15, 0.2) is 0 Å². The van der Waals surface area contributed by atoms with Crippen LogP contribution < -0.4 is 0 Å². The molecule has 1 aromatic carbocycles. The molecule has 0 bridgehead atoms. The molecule has 1 aliphatic carbocycles. The van der Waals surface area contributed by atoms with Crippen LogP contribution in [0.2, 0.25) is 0 Å². The standard InChI is InChI=1S/C17H20FNO3/c18-13-6-4-12(5-7-13)14(20)11-19-15(21)10-17(16(19)22)8-2-1-3-9-17/h4-7,14,20H,1-3,8-11H2. The zero-order chi connectivity index (χ0) is 15.7. The Morgan fingerprint density at radius 2 is 1.77 bits per heavy atom. The number of rotatable bonds is 3. The van der Waals surface area contributed by atoms with Gasteiger partial charge in [-0.2, -0.15) is 0 Å². The first kappa shape index (κ1) is 15.2. The van der Waals surface area contributed by atoms with Crippen molar-refractivity contribution in [1.82, 2.24) is 4.90 Å². The molecule has 2 aliphatic rings. The number of β-amino-alcohol motifs (C(OH)–C–C–N with tert-alkyl or cyclic N) is 1. The van der Waals surface area contributed by atoms with Gasteiger partial charge in [0.1, 0.15) is 5.82 Å². The number of amides is 2. The number of nitrogens with zero attached hydrogens (tertiary/aromatic N) is 1. The Morgan fingerprint density at radius 3 is 2.41 bits per heavy atom. The molecule has 0 aromatic heterocycles. The summed E-state index contributed by atoms with van der Waals surface area (Å²) in [6.45, 7) is -0.0505. The lowest BCUT2D eigenvalue weighted by Gasteiger charge is -2.30. The monoisotopic (exact) mass is 305 g/mol. The maximum atomic E-state index is 12.9. The minimum absolute atomic E-state index is 0.0505. The van der Waals surface area contributed by atoms with E-state index < -0.39 is 11.5 Å². The first-order valence-electron chi connectivity index (χ1n) is 7.80. The van der Waals surface area contributed by atoms with E-state index in [1.807, 2.05) is 0 Å². The average molecular weight is 305 g/mol. The van der Waals surface area contributed by atoms with Crippen LogP contribution in [0.1, 0.15) is 50.2 Å². The van der Waals surface area contributed by atoms with Gasteiger partial charge in [0, 0.05) is 6.42 Å². The topological polar surface area (TPSA) is 57.6 Å². The van der Waals surface area contributed by atoms with E-state index in [0.29, 0.717) is 5.56 Å². The number of imide groups is 1. The lowest BCUT2D eigenvalue weighted by molar-refractivity contribution is -0.143. The fourth-order valence-electron chi connectivity index (χ4n) is 3.63. The number of likely N-dealkylation sites (tertiary alicyclic amines) is 1. The SMILES string of the molecule is O=C1CC2(CCCCC2)C(=O)N1CC(O)c1ccc(F)cc1. The zero-order valence-electron chi connectivity index (χ0n) is 12.4. The molecule has 22 heavy (non-hydrogen) atoms. The van der Waals surface area contributed by atoms with Gasteiger partial charge < -0.3 is 5.11 Å². The number of hydrogen-bond acceptors (Lipinski definition) is 3. The Morgan fingerprint density at radius 1 is 1.14 bits per heavy atom. The van der Waals surface area contributed by atoms with Gasteiger partial charge in [-0.15, -0.1) is 0 Å². The molecule has 118 valence electrons. The molecule has 1 heterocycles. The molecule has 5 heteroatoms. The number of carbonyl (C=O) groups excluding carboxylic acids is 2. The van der Waals surface area contributed by atoms with Crippen LogP contribution >= 0.6 is 0 Å². The van der Waals surface area contributed by atoms with Gasteiger partial charge in [0.25, 0.3) is 0 Å². The van der Waals surface area contributed by atoms with E-state index in [2.05, 4.69) is 0 Å². The van der Waals surface area contributed by atoms with E-state index in [9.17, 15) is 19.1 Å². The summed E-state index contributed by atoms with van der Waals surface area (Å²) in [7, 11) is 0. The van der Waals surface area contributed by atoms with E-state index >= 15 is 0 Å². The number of aliphatic hydroxyl groups is 1. The first-order chi connectivity index (χ1) is 10.5. The van der Waals surface area contributed by atoms with Crippen LogP contribution in [0.15, 0.2) is 24.3 Å². The molecule has 3 rings (SSSR count). The highest BCUT2D eigenvalue weighted by atomic mass is 19.1. The molecule has 0 radical (unpaired) electrons. The highest BCUT2D eigenvalue weighted by Crippen LogP contribution is 2.45. The third-order valence-corrected chi connectivity index (χ3v) is 4.91. The average Bonchev–Trinajstić information content (AvgIpc) is 2.73. The highest BCUT2D eigenvalue weighted by Gasteiger charge is 2.51. The zero-order valence-corrected chi connectivity index (χ0v) is 12.4. The number of benzene rings is 1. The Hall–Kier alpha value is -1.75. The predicted molar refractivity (Wildman–Crippen MR) is 78.2 cm³/mol. The third kappa shape index (κ3) is 2.65. The largest absolute Gasteiger partial charge is 0.387 e. The molecule has 1 saturated heterocycles. The van der Waals surface area contributed by atoms with Gasteiger partial charge in [-0.3, -0.25) is 14.5 Å². The van der Waals surface area contributed by atoms with Gasteiger partial charge in [-0.05, 0) is 30.5 Å². The van der Waals surface area contributed by atoms with Gasteiger partial charge >= 0.3 is 0 Å². The van der Waals surface area contributed by atoms with Gasteiger partial charge in [-0.25, -0.2) is 4.39 Å². The van der Waals surface area contributed by atoms with Gasteiger partial charge in [0.05, 0.1) is 18.1 Å². The van der Waals surface area contributed by atoms with Crippen molar-refractivity contribution in [3.05, 3.63) is 35.6 Å². The normalized spacial score (nSPS) is 22.4. The first-order valence-corrected chi connectivity index (χ1v) is 7.80. The lowest BCUT2D eigenvalue weighted by atomic mass is 9.73. The Bertz CT molecular complexity index is 578. The van der Waals surface area contributed by atoms with Crippen LogP contribution in [-0.4, -0.2) is 28.4 Å². The van der Waals surface area contributed by atoms with Gasteiger partial charge in [0.2, 0.25) is 11.8 Å². The maximum Gasteiger partial charge on any atom is 0.236 e. The van der Waals surface area contributed by atoms with E-state index in [0.717, 1.165) is 32.1 Å². The van der Waals surface area contributed by atoms with E-state index in [1.54, 1.807) is 0 Å². The summed E-state index contributed by atoms with van der Waals surface area (Å²) in [5.74, 6) is -0.725. The number of aliphatic hydroxyl groups excluding tert-OH is 1. The molecular formula is C17H20FNO3. The van der Waals surface area contributed by atoms with Crippen LogP contribution in [0, 0.1) is 11.2 Å².